The highest BCUT2D eigenvalue weighted by atomic mass is 16.1. The molecular formula is C17H21N3O. The predicted octanol–water partition coefficient (Wildman–Crippen LogP) is 1.71. The van der Waals surface area contributed by atoms with Gasteiger partial charge in [0.1, 0.15) is 0 Å². The summed E-state index contributed by atoms with van der Waals surface area (Å²) >= 11 is 0. The van der Waals surface area contributed by atoms with E-state index in [1.165, 1.54) is 12.8 Å². The van der Waals surface area contributed by atoms with Crippen LogP contribution in [0.15, 0.2) is 35.1 Å². The second-order valence-corrected chi connectivity index (χ2v) is 6.60. The average molecular weight is 283 g/mol. The van der Waals surface area contributed by atoms with Crippen molar-refractivity contribution in [3.05, 3.63) is 46.2 Å². The second kappa shape index (κ2) is 4.97. The molecule has 3 heterocycles. The van der Waals surface area contributed by atoms with E-state index in [1.54, 1.807) is 0 Å². The Morgan fingerprint density at radius 2 is 2.14 bits per heavy atom. The van der Waals surface area contributed by atoms with Crippen molar-refractivity contribution in [1.29, 1.82) is 0 Å². The molecule has 0 radical (unpaired) electrons. The highest BCUT2D eigenvalue weighted by Gasteiger charge is 2.40. The lowest BCUT2D eigenvalue weighted by atomic mass is 9.87. The van der Waals surface area contributed by atoms with Crippen LogP contribution in [0.2, 0.25) is 0 Å². The number of benzene rings is 1. The molecule has 2 aliphatic heterocycles. The zero-order chi connectivity index (χ0) is 14.3. The number of nitrogens with one attached hydrogen (secondary N) is 2. The molecule has 0 amide bonds. The van der Waals surface area contributed by atoms with Crippen LogP contribution in [0.5, 0.6) is 0 Å². The van der Waals surface area contributed by atoms with Gasteiger partial charge in [-0.1, -0.05) is 18.2 Å². The lowest BCUT2D eigenvalue weighted by Crippen LogP contribution is -2.30. The van der Waals surface area contributed by atoms with Crippen molar-refractivity contribution >= 4 is 10.9 Å². The van der Waals surface area contributed by atoms with Gasteiger partial charge in [0, 0.05) is 30.7 Å². The fraction of sp³-hybridized carbons (Fsp3) is 0.471. The number of pyridine rings is 1. The van der Waals surface area contributed by atoms with Crippen LogP contribution >= 0.6 is 0 Å². The molecule has 0 aliphatic carbocycles. The van der Waals surface area contributed by atoms with Gasteiger partial charge in [-0.15, -0.1) is 0 Å². The van der Waals surface area contributed by atoms with E-state index in [-0.39, 0.29) is 5.56 Å². The number of nitrogens with zero attached hydrogens (tertiary/aromatic N) is 1. The number of H-pyrrole nitrogens is 1. The largest absolute Gasteiger partial charge is 0.322 e. The third-order valence-corrected chi connectivity index (χ3v) is 5.07. The van der Waals surface area contributed by atoms with E-state index in [9.17, 15) is 4.79 Å². The van der Waals surface area contributed by atoms with Gasteiger partial charge in [0.2, 0.25) is 0 Å². The van der Waals surface area contributed by atoms with E-state index in [1.807, 2.05) is 24.3 Å². The predicted molar refractivity (Wildman–Crippen MR) is 84.4 cm³/mol. The lowest BCUT2D eigenvalue weighted by molar-refractivity contribution is 0.268. The van der Waals surface area contributed by atoms with Crippen LogP contribution in [0.4, 0.5) is 0 Å². The smallest absolute Gasteiger partial charge is 0.252 e. The maximum absolute atomic E-state index is 12.2. The lowest BCUT2D eigenvalue weighted by Gasteiger charge is -2.22. The maximum atomic E-state index is 12.2. The highest BCUT2D eigenvalue weighted by Crippen LogP contribution is 2.36. The minimum Gasteiger partial charge on any atom is -0.322 e. The van der Waals surface area contributed by atoms with E-state index in [0.717, 1.165) is 49.2 Å². The third-order valence-electron chi connectivity index (χ3n) is 5.07. The molecule has 1 spiro atoms. The summed E-state index contributed by atoms with van der Waals surface area (Å²) in [6.07, 6.45) is 2.53. The molecule has 21 heavy (non-hydrogen) atoms. The van der Waals surface area contributed by atoms with Gasteiger partial charge in [0.05, 0.1) is 0 Å². The number of hydrogen-bond acceptors (Lipinski definition) is 3. The Morgan fingerprint density at radius 1 is 1.24 bits per heavy atom. The number of rotatable bonds is 2. The molecule has 1 atom stereocenters. The van der Waals surface area contributed by atoms with Crippen LogP contribution < -0.4 is 10.9 Å². The Bertz CT molecular complexity index is 715. The molecule has 1 unspecified atom stereocenters. The van der Waals surface area contributed by atoms with Gasteiger partial charge in [-0.2, -0.15) is 0 Å². The van der Waals surface area contributed by atoms with Crippen molar-refractivity contribution in [2.24, 2.45) is 5.41 Å². The Hall–Kier alpha value is -1.65. The summed E-state index contributed by atoms with van der Waals surface area (Å²) in [5, 5.41) is 4.59. The van der Waals surface area contributed by atoms with E-state index in [4.69, 9.17) is 0 Å². The number of likely N-dealkylation sites (tertiary alicyclic amines) is 1. The normalized spacial score (nSPS) is 26.1. The molecule has 0 saturated carbocycles. The molecule has 2 N–H and O–H groups in total. The molecule has 4 nitrogen and oxygen atoms in total. The molecule has 110 valence electrons. The molecule has 2 aromatic rings. The molecular weight excluding hydrogens is 262 g/mol. The Balaban J connectivity index is 1.57. The van der Waals surface area contributed by atoms with Crippen LogP contribution in [0.1, 0.15) is 18.4 Å². The molecule has 1 aromatic heterocycles. The fourth-order valence-corrected chi connectivity index (χ4v) is 3.86. The monoisotopic (exact) mass is 283 g/mol. The van der Waals surface area contributed by atoms with E-state index < -0.39 is 0 Å². The Morgan fingerprint density at radius 3 is 3.00 bits per heavy atom. The van der Waals surface area contributed by atoms with Crippen molar-refractivity contribution < 1.29 is 0 Å². The number of para-hydroxylation sites is 1. The molecule has 2 fully saturated rings. The Kier molecular flexibility index (Phi) is 3.08. The minimum atomic E-state index is 0.0548. The summed E-state index contributed by atoms with van der Waals surface area (Å²) in [6, 6.07) is 10.0. The summed E-state index contributed by atoms with van der Waals surface area (Å²) in [7, 11) is 0. The molecule has 2 aliphatic rings. The van der Waals surface area contributed by atoms with Crippen molar-refractivity contribution in [3.8, 4) is 0 Å². The van der Waals surface area contributed by atoms with Crippen molar-refractivity contribution in [1.82, 2.24) is 15.2 Å². The van der Waals surface area contributed by atoms with E-state index in [2.05, 4.69) is 21.3 Å². The molecule has 4 rings (SSSR count). The SMILES string of the molecule is O=c1[nH]c2ccccc2cc1CN1CCC2(CCNC2)C1. The van der Waals surface area contributed by atoms with Gasteiger partial charge >= 0.3 is 0 Å². The molecule has 0 bridgehead atoms. The quantitative estimate of drug-likeness (QED) is 0.882. The number of fused-ring (bicyclic) bond motifs is 1. The van der Waals surface area contributed by atoms with Gasteiger partial charge in [-0.05, 0) is 48.9 Å². The van der Waals surface area contributed by atoms with Crippen LogP contribution in [0.3, 0.4) is 0 Å². The standard InChI is InChI=1S/C17H21N3O/c21-16-14(9-13-3-1-2-4-15(13)19-16)10-20-8-6-17(12-20)5-7-18-11-17/h1-4,9,18H,5-8,10-12H2,(H,19,21). The topological polar surface area (TPSA) is 48.1 Å². The van der Waals surface area contributed by atoms with Crippen molar-refractivity contribution in [2.75, 3.05) is 26.2 Å². The van der Waals surface area contributed by atoms with Crippen LogP contribution in [0.25, 0.3) is 10.9 Å². The first-order valence-corrected chi connectivity index (χ1v) is 7.78. The van der Waals surface area contributed by atoms with Gasteiger partial charge in [-0.25, -0.2) is 0 Å². The molecule has 1 aromatic carbocycles. The van der Waals surface area contributed by atoms with Crippen LogP contribution in [-0.2, 0) is 6.54 Å². The third kappa shape index (κ3) is 2.39. The average Bonchev–Trinajstić information content (AvgIpc) is 3.10. The molecule has 2 saturated heterocycles. The first-order valence-electron chi connectivity index (χ1n) is 7.78. The summed E-state index contributed by atoms with van der Waals surface area (Å²) in [4.78, 5) is 17.7. The Labute approximate surface area is 124 Å². The van der Waals surface area contributed by atoms with E-state index >= 15 is 0 Å². The van der Waals surface area contributed by atoms with Gasteiger partial charge in [0.15, 0.2) is 0 Å². The zero-order valence-corrected chi connectivity index (χ0v) is 12.2. The van der Waals surface area contributed by atoms with E-state index in [0.29, 0.717) is 5.41 Å². The first kappa shape index (κ1) is 13.0. The number of aromatic nitrogens is 1. The first-order chi connectivity index (χ1) is 10.2. The number of hydrogen-bond donors (Lipinski definition) is 2. The minimum absolute atomic E-state index is 0.0548. The highest BCUT2D eigenvalue weighted by molar-refractivity contribution is 5.78. The van der Waals surface area contributed by atoms with Gasteiger partial charge < -0.3 is 10.3 Å². The van der Waals surface area contributed by atoms with Gasteiger partial charge in [0.25, 0.3) is 5.56 Å². The van der Waals surface area contributed by atoms with Crippen molar-refractivity contribution in [3.63, 3.8) is 0 Å². The second-order valence-electron chi connectivity index (χ2n) is 6.60. The zero-order valence-electron chi connectivity index (χ0n) is 12.2. The van der Waals surface area contributed by atoms with Crippen molar-refractivity contribution in [2.45, 2.75) is 19.4 Å². The van der Waals surface area contributed by atoms with Gasteiger partial charge in [-0.3, -0.25) is 9.69 Å². The summed E-state index contributed by atoms with van der Waals surface area (Å²) < 4.78 is 0. The van der Waals surface area contributed by atoms with Crippen LogP contribution in [-0.4, -0.2) is 36.1 Å². The summed E-state index contributed by atoms with van der Waals surface area (Å²) in [5.74, 6) is 0. The number of aromatic amines is 1. The fourth-order valence-electron chi connectivity index (χ4n) is 3.86. The van der Waals surface area contributed by atoms with Crippen LogP contribution in [0, 0.1) is 5.41 Å². The molecule has 4 heteroatoms. The summed E-state index contributed by atoms with van der Waals surface area (Å²) in [5.41, 5.74) is 2.32. The summed E-state index contributed by atoms with van der Waals surface area (Å²) in [6.45, 7) is 5.27. The maximum Gasteiger partial charge on any atom is 0.252 e.